The van der Waals surface area contributed by atoms with E-state index < -0.39 is 0 Å². The molecule has 0 atom stereocenters. The van der Waals surface area contributed by atoms with Gasteiger partial charge in [0.15, 0.2) is 0 Å². The molecule has 168 valence electrons. The smallest absolute Gasteiger partial charge is 0.0780 e. The van der Waals surface area contributed by atoms with E-state index in [0.29, 0.717) is 0 Å². The van der Waals surface area contributed by atoms with Gasteiger partial charge < -0.3 is 0 Å². The zero-order chi connectivity index (χ0) is 23.1. The Kier molecular flexibility index (Phi) is 4.53. The topological polar surface area (TPSA) is 12.9 Å². The first-order valence-electron chi connectivity index (χ1n) is 12.4. The van der Waals surface area contributed by atoms with E-state index in [4.69, 9.17) is 4.98 Å². The molecule has 1 nitrogen and oxygen atoms in total. The van der Waals surface area contributed by atoms with Gasteiger partial charge in [0.25, 0.3) is 0 Å². The summed E-state index contributed by atoms with van der Waals surface area (Å²) < 4.78 is 0. The molecule has 0 saturated heterocycles. The predicted octanol–water partition coefficient (Wildman–Crippen LogP) is 8.60. The third-order valence-electron chi connectivity index (χ3n) is 8.86. The van der Waals surface area contributed by atoms with Crippen LogP contribution in [-0.4, -0.2) is 4.98 Å². The Morgan fingerprint density at radius 1 is 0.562 bits per heavy atom. The molecule has 0 spiro atoms. The third-order valence-corrected chi connectivity index (χ3v) is 8.86. The summed E-state index contributed by atoms with van der Waals surface area (Å²) in [6, 6.07) is 14.3. The Labute approximate surface area is 194 Å². The molecule has 0 N–H and O–H groups in total. The number of fused-ring (bicyclic) bond motifs is 3. The first kappa shape index (κ1) is 21.7. The molecule has 2 aliphatic carbocycles. The van der Waals surface area contributed by atoms with Gasteiger partial charge in [0.05, 0.1) is 5.69 Å². The Hall–Kier alpha value is -2.15. The Morgan fingerprint density at radius 3 is 1.66 bits per heavy atom. The van der Waals surface area contributed by atoms with Gasteiger partial charge in [-0.2, -0.15) is 0 Å². The molecule has 0 fully saturated rings. The number of benzene rings is 2. The Balaban J connectivity index is 1.75. The van der Waals surface area contributed by atoms with E-state index in [9.17, 15) is 0 Å². The van der Waals surface area contributed by atoms with Crippen LogP contribution in [0, 0.1) is 0 Å². The fourth-order valence-electron chi connectivity index (χ4n) is 6.20. The monoisotopic (exact) mass is 425 g/mol. The minimum absolute atomic E-state index is 0.202. The third kappa shape index (κ3) is 3.23. The van der Waals surface area contributed by atoms with Gasteiger partial charge in [-0.05, 0) is 93.2 Å². The number of aromatic nitrogens is 1. The Morgan fingerprint density at radius 2 is 1.06 bits per heavy atom. The van der Waals surface area contributed by atoms with Crippen molar-refractivity contribution in [3.63, 3.8) is 0 Å². The second kappa shape index (κ2) is 6.69. The van der Waals surface area contributed by atoms with Gasteiger partial charge in [0.2, 0.25) is 0 Å². The van der Waals surface area contributed by atoms with E-state index >= 15 is 0 Å². The Bertz CT molecular complexity index is 1220. The van der Waals surface area contributed by atoms with Gasteiger partial charge in [0, 0.05) is 17.1 Å². The van der Waals surface area contributed by atoms with E-state index in [2.05, 4.69) is 91.8 Å². The second-order valence-electron chi connectivity index (χ2n) is 13.1. The van der Waals surface area contributed by atoms with Gasteiger partial charge in [-0.3, -0.25) is 4.98 Å². The molecular weight excluding hydrogens is 386 g/mol. The van der Waals surface area contributed by atoms with Crippen LogP contribution in [0.4, 0.5) is 0 Å². The van der Waals surface area contributed by atoms with Crippen LogP contribution >= 0.6 is 0 Å². The van der Waals surface area contributed by atoms with E-state index in [1.165, 1.54) is 64.3 Å². The van der Waals surface area contributed by atoms with E-state index in [-0.39, 0.29) is 21.7 Å². The quantitative estimate of drug-likeness (QED) is 0.380. The predicted molar refractivity (Wildman–Crippen MR) is 138 cm³/mol. The number of hydrogen-bond acceptors (Lipinski definition) is 1. The highest BCUT2D eigenvalue weighted by atomic mass is 14.7. The largest absolute Gasteiger partial charge is 0.256 e. The number of hydrogen-bond donors (Lipinski definition) is 0. The SMILES string of the molecule is CC1(C)CCC(C)(C)c2cc(-c3nccc4cc5c(cc34)C(C)(C)CCC5(C)C)ccc21. The standard InChI is InChI=1S/C31H39N/c1-28(2)12-13-29(3,4)24-18-21(9-10-23(24)28)27-22-19-26-25(17-20(22)11-16-32-27)30(5,6)14-15-31(26,7)8/h9-11,16-19H,12-15H2,1-8H3. The summed E-state index contributed by atoms with van der Waals surface area (Å²) in [5.74, 6) is 0. The fourth-order valence-corrected chi connectivity index (χ4v) is 6.20. The maximum Gasteiger partial charge on any atom is 0.0780 e. The molecule has 32 heavy (non-hydrogen) atoms. The van der Waals surface area contributed by atoms with Crippen LogP contribution in [0.15, 0.2) is 42.6 Å². The molecule has 1 heteroatoms. The summed E-state index contributed by atoms with van der Waals surface area (Å²) in [4.78, 5) is 4.94. The van der Waals surface area contributed by atoms with Gasteiger partial charge in [-0.25, -0.2) is 0 Å². The minimum Gasteiger partial charge on any atom is -0.256 e. The highest BCUT2D eigenvalue weighted by Gasteiger charge is 2.38. The molecule has 0 radical (unpaired) electrons. The van der Waals surface area contributed by atoms with Crippen LogP contribution in [0.1, 0.15) is 103 Å². The van der Waals surface area contributed by atoms with E-state index in [1.807, 2.05) is 6.20 Å². The van der Waals surface area contributed by atoms with Crippen LogP contribution in [0.3, 0.4) is 0 Å². The molecule has 2 aromatic carbocycles. The molecule has 0 bridgehead atoms. The molecule has 1 heterocycles. The lowest BCUT2D eigenvalue weighted by molar-refractivity contribution is 0.332. The lowest BCUT2D eigenvalue weighted by Crippen LogP contribution is -2.34. The van der Waals surface area contributed by atoms with Crippen molar-refractivity contribution < 1.29 is 0 Å². The van der Waals surface area contributed by atoms with Crippen molar-refractivity contribution in [3.05, 3.63) is 64.8 Å². The average molecular weight is 426 g/mol. The molecule has 0 unspecified atom stereocenters. The normalized spacial score (nSPS) is 22.2. The second-order valence-corrected chi connectivity index (χ2v) is 13.1. The molecule has 0 saturated carbocycles. The number of nitrogens with zero attached hydrogens (tertiary/aromatic N) is 1. The van der Waals surface area contributed by atoms with Crippen molar-refractivity contribution in [1.29, 1.82) is 0 Å². The molecule has 2 aliphatic rings. The summed E-state index contributed by atoms with van der Waals surface area (Å²) in [7, 11) is 0. The average Bonchev–Trinajstić information content (AvgIpc) is 2.73. The van der Waals surface area contributed by atoms with Crippen molar-refractivity contribution in [2.24, 2.45) is 0 Å². The van der Waals surface area contributed by atoms with Crippen molar-refractivity contribution in [1.82, 2.24) is 4.98 Å². The fraction of sp³-hybridized carbons (Fsp3) is 0.516. The lowest BCUT2D eigenvalue weighted by Gasteiger charge is -2.42. The maximum atomic E-state index is 4.94. The van der Waals surface area contributed by atoms with Crippen molar-refractivity contribution in [2.75, 3.05) is 0 Å². The maximum absolute atomic E-state index is 4.94. The highest BCUT2D eigenvalue weighted by molar-refractivity contribution is 5.96. The van der Waals surface area contributed by atoms with E-state index in [0.717, 1.165) is 5.69 Å². The lowest BCUT2D eigenvalue weighted by atomic mass is 9.62. The number of rotatable bonds is 1. The first-order chi connectivity index (χ1) is 14.8. The zero-order valence-electron chi connectivity index (χ0n) is 21.3. The summed E-state index contributed by atoms with van der Waals surface area (Å²) >= 11 is 0. The number of pyridine rings is 1. The van der Waals surface area contributed by atoms with Crippen molar-refractivity contribution >= 4 is 10.8 Å². The molecule has 0 aliphatic heterocycles. The van der Waals surface area contributed by atoms with Crippen LogP contribution in [-0.2, 0) is 21.7 Å². The van der Waals surface area contributed by atoms with Crippen molar-refractivity contribution in [3.8, 4) is 11.3 Å². The zero-order valence-corrected chi connectivity index (χ0v) is 21.3. The summed E-state index contributed by atoms with van der Waals surface area (Å²) in [5, 5.41) is 2.61. The molecule has 5 rings (SSSR count). The molecule has 0 amide bonds. The van der Waals surface area contributed by atoms with Gasteiger partial charge in [0.1, 0.15) is 0 Å². The molecule has 3 aromatic rings. The molecular formula is C31H39N. The van der Waals surface area contributed by atoms with Crippen LogP contribution in [0.2, 0.25) is 0 Å². The van der Waals surface area contributed by atoms with Crippen LogP contribution in [0.25, 0.3) is 22.0 Å². The summed E-state index contributed by atoms with van der Waals surface area (Å²) in [6.07, 6.45) is 6.95. The summed E-state index contributed by atoms with van der Waals surface area (Å²) in [6.45, 7) is 19.2. The highest BCUT2D eigenvalue weighted by Crippen LogP contribution is 2.49. The van der Waals surface area contributed by atoms with Gasteiger partial charge in [-0.1, -0.05) is 73.6 Å². The van der Waals surface area contributed by atoms with Gasteiger partial charge in [-0.15, -0.1) is 0 Å². The molecule has 1 aromatic heterocycles. The minimum atomic E-state index is 0.202. The summed E-state index contributed by atoms with van der Waals surface area (Å²) in [5.41, 5.74) is 9.31. The van der Waals surface area contributed by atoms with Crippen LogP contribution < -0.4 is 0 Å². The van der Waals surface area contributed by atoms with E-state index in [1.54, 1.807) is 0 Å². The van der Waals surface area contributed by atoms with Crippen LogP contribution in [0.5, 0.6) is 0 Å². The van der Waals surface area contributed by atoms with Crippen molar-refractivity contribution in [2.45, 2.75) is 103 Å². The van der Waals surface area contributed by atoms with Gasteiger partial charge >= 0.3 is 0 Å². The first-order valence-corrected chi connectivity index (χ1v) is 12.4.